The van der Waals surface area contributed by atoms with Crippen molar-refractivity contribution in [2.24, 2.45) is 0 Å². The molecule has 0 unspecified atom stereocenters. The summed E-state index contributed by atoms with van der Waals surface area (Å²) < 4.78 is 31.0. The van der Waals surface area contributed by atoms with Gasteiger partial charge in [0.25, 0.3) is 5.70 Å². The van der Waals surface area contributed by atoms with Crippen LogP contribution < -0.4 is 14.6 Å². The molecule has 1 heterocycles. The van der Waals surface area contributed by atoms with E-state index in [-0.39, 0.29) is 11.5 Å². The summed E-state index contributed by atoms with van der Waals surface area (Å²) in [5.74, 6) is -0.107. The van der Waals surface area contributed by atoms with Gasteiger partial charge in [-0.25, -0.2) is 0 Å². The van der Waals surface area contributed by atoms with E-state index in [1.165, 1.54) is 24.3 Å². The molecule has 0 bridgehead atoms. The minimum Gasteiger partial charge on any atom is -0.502 e. The molecule has 0 amide bonds. The first kappa shape index (κ1) is 21.4. The molecule has 0 aliphatic rings. The minimum atomic E-state index is -2.92. The van der Waals surface area contributed by atoms with Crippen LogP contribution in [0.3, 0.4) is 0 Å². The number of nitrogens with zero attached hydrogens (tertiary/aromatic N) is 1. The van der Waals surface area contributed by atoms with Crippen LogP contribution in [0.2, 0.25) is 0 Å². The van der Waals surface area contributed by atoms with Gasteiger partial charge < -0.3 is 15.2 Å². The average Bonchev–Trinajstić information content (AvgIpc) is 2.80. The molecule has 0 fully saturated rings. The third kappa shape index (κ3) is 4.73. The second-order valence-electron chi connectivity index (χ2n) is 6.86. The number of benzene rings is 3. The lowest BCUT2D eigenvalue weighted by atomic mass is 10.1. The number of alkyl halides is 2. The molecule has 32 heavy (non-hydrogen) atoms. The summed E-state index contributed by atoms with van der Waals surface area (Å²) in [5.41, 5.74) is 1.55. The third-order valence-corrected chi connectivity index (χ3v) is 5.10. The summed E-state index contributed by atoms with van der Waals surface area (Å²) in [6, 6.07) is 24.9. The van der Waals surface area contributed by atoms with Crippen molar-refractivity contribution in [1.82, 2.24) is 0 Å². The van der Waals surface area contributed by atoms with Gasteiger partial charge in [-0.15, -0.1) is 0 Å². The molecule has 1 aromatic heterocycles. The fraction of sp³-hybridized carbons (Fsp3) is 0.0400. The Labute approximate surface area is 189 Å². The van der Waals surface area contributed by atoms with Gasteiger partial charge in [-0.05, 0) is 35.7 Å². The maximum Gasteiger partial charge on any atom is 0.387 e. The highest BCUT2D eigenvalue weighted by molar-refractivity contribution is 7.81. The van der Waals surface area contributed by atoms with Crippen molar-refractivity contribution in [2.75, 3.05) is 5.32 Å². The van der Waals surface area contributed by atoms with E-state index in [9.17, 15) is 13.9 Å². The van der Waals surface area contributed by atoms with Crippen molar-refractivity contribution >= 4 is 45.1 Å². The van der Waals surface area contributed by atoms with Crippen LogP contribution in [-0.2, 0) is 0 Å². The Morgan fingerprint density at radius 3 is 2.28 bits per heavy atom. The quantitative estimate of drug-likeness (QED) is 0.163. The topological polar surface area (TPSA) is 45.4 Å². The monoisotopic (exact) mass is 449 g/mol. The fourth-order valence-electron chi connectivity index (χ4n) is 3.34. The molecule has 0 saturated heterocycles. The summed E-state index contributed by atoms with van der Waals surface area (Å²) in [6.45, 7) is -2.92. The number of anilines is 1. The van der Waals surface area contributed by atoms with Crippen molar-refractivity contribution < 1.29 is 23.2 Å². The van der Waals surface area contributed by atoms with Crippen molar-refractivity contribution in [3.63, 3.8) is 0 Å². The number of thiocarbonyl (C=S) groups is 1. The SMILES string of the molecule is OC(=C(C(=S)Nc1cccc2ccccc12)[n+]1ccccc1)c1ccc(OC(F)F)cc1. The number of aliphatic hydroxyl groups excluding tert-OH is 1. The minimum absolute atomic E-state index is 0.00178. The zero-order valence-corrected chi connectivity index (χ0v) is 17.6. The molecular weight excluding hydrogens is 430 g/mol. The highest BCUT2D eigenvalue weighted by Gasteiger charge is 2.24. The lowest BCUT2D eigenvalue weighted by Gasteiger charge is -2.12. The molecule has 160 valence electrons. The molecule has 0 saturated carbocycles. The molecule has 7 heteroatoms. The molecule has 0 aliphatic carbocycles. The van der Waals surface area contributed by atoms with Crippen molar-refractivity contribution in [3.05, 3.63) is 103 Å². The van der Waals surface area contributed by atoms with Gasteiger partial charge >= 0.3 is 6.61 Å². The van der Waals surface area contributed by atoms with E-state index in [1.54, 1.807) is 17.0 Å². The standard InChI is InChI=1S/C25H18F2N2O2S/c26-25(27)31-19-13-11-18(12-14-19)23(30)22(29-15-4-1-5-16-29)24(32)28-21-10-6-8-17-7-2-3-9-20(17)21/h1-16,25H,(H-,28,30,32)/p+1. The number of aliphatic hydroxyl groups is 1. The van der Waals surface area contributed by atoms with Crippen LogP contribution in [0.25, 0.3) is 22.2 Å². The summed E-state index contributed by atoms with van der Waals surface area (Å²) in [7, 11) is 0. The van der Waals surface area contributed by atoms with E-state index in [0.717, 1.165) is 16.5 Å². The average molecular weight is 450 g/mol. The van der Waals surface area contributed by atoms with Crippen molar-refractivity contribution in [2.45, 2.75) is 6.61 Å². The van der Waals surface area contributed by atoms with Gasteiger partial charge in [0.2, 0.25) is 0 Å². The van der Waals surface area contributed by atoms with E-state index < -0.39 is 6.61 Å². The second-order valence-corrected chi connectivity index (χ2v) is 7.27. The Hall–Kier alpha value is -3.84. The van der Waals surface area contributed by atoms with E-state index >= 15 is 0 Å². The Kier molecular flexibility index (Phi) is 6.37. The van der Waals surface area contributed by atoms with Gasteiger partial charge in [0, 0.05) is 28.8 Å². The van der Waals surface area contributed by atoms with Crippen LogP contribution in [0.4, 0.5) is 14.5 Å². The van der Waals surface area contributed by atoms with Gasteiger partial charge in [-0.1, -0.05) is 54.7 Å². The number of hydrogen-bond donors (Lipinski definition) is 2. The van der Waals surface area contributed by atoms with Gasteiger partial charge in [0.1, 0.15) is 5.75 Å². The molecule has 0 spiro atoms. The Balaban J connectivity index is 1.74. The molecule has 3 aromatic carbocycles. The van der Waals surface area contributed by atoms with Crippen LogP contribution in [0.5, 0.6) is 5.75 Å². The number of aromatic nitrogens is 1. The van der Waals surface area contributed by atoms with E-state index in [4.69, 9.17) is 12.2 Å². The number of halogens is 2. The van der Waals surface area contributed by atoms with Crippen LogP contribution in [0.1, 0.15) is 5.56 Å². The van der Waals surface area contributed by atoms with Gasteiger partial charge in [-0.2, -0.15) is 13.3 Å². The van der Waals surface area contributed by atoms with Crippen LogP contribution >= 0.6 is 12.2 Å². The zero-order chi connectivity index (χ0) is 22.5. The predicted molar refractivity (Wildman–Crippen MR) is 126 cm³/mol. The van der Waals surface area contributed by atoms with Gasteiger partial charge in [0.05, 0.1) is 0 Å². The maximum absolute atomic E-state index is 12.4. The van der Waals surface area contributed by atoms with Crippen LogP contribution in [0.15, 0.2) is 97.3 Å². The molecular formula is C25H19F2N2O2S+. The fourth-order valence-corrected chi connectivity index (χ4v) is 3.65. The zero-order valence-electron chi connectivity index (χ0n) is 16.8. The first-order chi connectivity index (χ1) is 15.5. The molecule has 0 atom stereocenters. The first-order valence-electron chi connectivity index (χ1n) is 9.77. The lowest BCUT2D eigenvalue weighted by molar-refractivity contribution is -0.575. The Morgan fingerprint density at radius 1 is 0.875 bits per heavy atom. The molecule has 4 rings (SSSR count). The first-order valence-corrected chi connectivity index (χ1v) is 10.2. The number of nitrogens with one attached hydrogen (secondary N) is 1. The third-order valence-electron chi connectivity index (χ3n) is 4.80. The van der Waals surface area contributed by atoms with Crippen LogP contribution in [-0.4, -0.2) is 16.7 Å². The second kappa shape index (κ2) is 9.53. The summed E-state index contributed by atoms with van der Waals surface area (Å²) >= 11 is 5.69. The maximum atomic E-state index is 12.4. The molecule has 0 radical (unpaired) electrons. The van der Waals surface area contributed by atoms with Crippen LogP contribution in [0, 0.1) is 0 Å². The molecule has 4 nitrogen and oxygen atoms in total. The highest BCUT2D eigenvalue weighted by Crippen LogP contribution is 2.26. The Bertz CT molecular complexity index is 1270. The van der Waals surface area contributed by atoms with Gasteiger partial charge in [0.15, 0.2) is 23.1 Å². The Morgan fingerprint density at radius 2 is 1.56 bits per heavy atom. The van der Waals surface area contributed by atoms with E-state index in [1.807, 2.05) is 60.7 Å². The molecule has 4 aromatic rings. The number of pyridine rings is 1. The number of ether oxygens (including phenoxy) is 1. The number of fused-ring (bicyclic) bond motifs is 1. The normalized spacial score (nSPS) is 11.8. The van der Waals surface area contributed by atoms with E-state index in [0.29, 0.717) is 16.2 Å². The summed E-state index contributed by atoms with van der Waals surface area (Å²) in [4.78, 5) is 0.294. The molecule has 2 N–H and O–H groups in total. The number of rotatable bonds is 6. The summed E-state index contributed by atoms with van der Waals surface area (Å²) in [6.07, 6.45) is 3.52. The lowest BCUT2D eigenvalue weighted by Crippen LogP contribution is -2.38. The largest absolute Gasteiger partial charge is 0.502 e. The van der Waals surface area contributed by atoms with Gasteiger partial charge in [-0.3, -0.25) is 0 Å². The van der Waals surface area contributed by atoms with Crippen molar-refractivity contribution in [3.8, 4) is 5.75 Å². The summed E-state index contributed by atoms with van der Waals surface area (Å²) in [5, 5.41) is 16.4. The number of hydrogen-bond acceptors (Lipinski definition) is 3. The smallest absolute Gasteiger partial charge is 0.387 e. The highest BCUT2D eigenvalue weighted by atomic mass is 32.1. The van der Waals surface area contributed by atoms with Crippen molar-refractivity contribution in [1.29, 1.82) is 0 Å². The molecule has 0 aliphatic heterocycles. The predicted octanol–water partition coefficient (Wildman–Crippen LogP) is 6.05. The van der Waals surface area contributed by atoms with E-state index in [2.05, 4.69) is 10.1 Å².